The number of benzene rings is 2. The van der Waals surface area contributed by atoms with Gasteiger partial charge in [0.25, 0.3) is 11.8 Å². The third kappa shape index (κ3) is 6.08. The molecule has 0 spiro atoms. The van der Waals surface area contributed by atoms with Crippen LogP contribution in [0, 0.1) is 0 Å². The summed E-state index contributed by atoms with van der Waals surface area (Å²) >= 11 is 6.02. The molecule has 0 radical (unpaired) electrons. The molecule has 0 heterocycles. The van der Waals surface area contributed by atoms with E-state index < -0.39 is 0 Å². The Morgan fingerprint density at radius 3 is 2.48 bits per heavy atom. The predicted molar refractivity (Wildman–Crippen MR) is 109 cm³/mol. The molecule has 2 rings (SSSR count). The maximum absolute atomic E-state index is 12.4. The van der Waals surface area contributed by atoms with Crippen LogP contribution in [0.15, 0.2) is 48.5 Å². The highest BCUT2D eigenvalue weighted by molar-refractivity contribution is 6.30. The molecule has 2 aromatic rings. The SMILES string of the molecule is CCN(CC)C(=O)c1cccc(NC(=O)C[NH2+][C@H](C)c2cccc(Cl)c2)c1. The number of nitrogens with two attached hydrogens (primary N) is 1. The summed E-state index contributed by atoms with van der Waals surface area (Å²) in [6.45, 7) is 7.52. The van der Waals surface area contributed by atoms with Gasteiger partial charge >= 0.3 is 0 Å². The molecule has 0 aromatic heterocycles. The molecule has 0 saturated heterocycles. The van der Waals surface area contributed by atoms with Gasteiger partial charge in [-0.2, -0.15) is 0 Å². The van der Waals surface area contributed by atoms with Crippen LogP contribution in [0.25, 0.3) is 0 Å². The monoisotopic (exact) mass is 388 g/mol. The third-order valence-corrected chi connectivity index (χ3v) is 4.71. The average molecular weight is 389 g/mol. The zero-order valence-electron chi connectivity index (χ0n) is 16.0. The zero-order chi connectivity index (χ0) is 19.8. The molecule has 2 aromatic carbocycles. The molecule has 0 aliphatic carbocycles. The fourth-order valence-corrected chi connectivity index (χ4v) is 3.04. The van der Waals surface area contributed by atoms with E-state index in [2.05, 4.69) is 5.32 Å². The summed E-state index contributed by atoms with van der Waals surface area (Å²) in [5.74, 6) is -0.145. The molecular weight excluding hydrogens is 362 g/mol. The molecule has 3 N–H and O–H groups in total. The average Bonchev–Trinajstić information content (AvgIpc) is 2.67. The van der Waals surface area contributed by atoms with Crippen LogP contribution in [-0.4, -0.2) is 36.3 Å². The van der Waals surface area contributed by atoms with Gasteiger partial charge in [0, 0.05) is 34.9 Å². The van der Waals surface area contributed by atoms with Gasteiger partial charge in [0.15, 0.2) is 6.54 Å². The van der Waals surface area contributed by atoms with E-state index in [1.54, 1.807) is 29.2 Å². The molecule has 0 bridgehead atoms. The quantitative estimate of drug-likeness (QED) is 0.729. The standard InChI is InChI=1S/C21H26ClN3O2/c1-4-25(5-2)21(27)17-9-7-11-19(13-17)24-20(26)14-23-15(3)16-8-6-10-18(22)12-16/h6-13,15,23H,4-5,14H2,1-3H3,(H,24,26)/p+1/t15-/m1/s1. The van der Waals surface area contributed by atoms with Gasteiger partial charge in [-0.3, -0.25) is 9.59 Å². The number of carbonyl (C=O) groups is 2. The van der Waals surface area contributed by atoms with Crippen LogP contribution in [0.2, 0.25) is 5.02 Å². The summed E-state index contributed by atoms with van der Waals surface area (Å²) in [5, 5.41) is 5.50. The van der Waals surface area contributed by atoms with E-state index in [-0.39, 0.29) is 24.4 Å². The van der Waals surface area contributed by atoms with E-state index in [0.717, 1.165) is 5.56 Å². The van der Waals surface area contributed by atoms with Crippen LogP contribution in [0.1, 0.15) is 42.7 Å². The molecule has 0 aliphatic heterocycles. The van der Waals surface area contributed by atoms with Crippen molar-refractivity contribution in [3.05, 3.63) is 64.7 Å². The van der Waals surface area contributed by atoms with Crippen molar-refractivity contribution in [3.8, 4) is 0 Å². The molecule has 0 unspecified atom stereocenters. The molecule has 144 valence electrons. The molecular formula is C21H27ClN3O2+. The van der Waals surface area contributed by atoms with E-state index in [0.29, 0.717) is 29.4 Å². The van der Waals surface area contributed by atoms with Crippen molar-refractivity contribution in [2.24, 2.45) is 0 Å². The molecule has 6 heteroatoms. The summed E-state index contributed by atoms with van der Waals surface area (Å²) in [4.78, 5) is 26.5. The lowest BCUT2D eigenvalue weighted by molar-refractivity contribution is -0.682. The van der Waals surface area contributed by atoms with Crippen molar-refractivity contribution in [3.63, 3.8) is 0 Å². The van der Waals surface area contributed by atoms with Gasteiger partial charge in [-0.1, -0.05) is 29.8 Å². The first kappa shape index (κ1) is 20.9. The van der Waals surface area contributed by atoms with Gasteiger partial charge in [0.05, 0.1) is 0 Å². The van der Waals surface area contributed by atoms with Crippen molar-refractivity contribution in [2.45, 2.75) is 26.8 Å². The molecule has 27 heavy (non-hydrogen) atoms. The van der Waals surface area contributed by atoms with E-state index >= 15 is 0 Å². The van der Waals surface area contributed by atoms with Gasteiger partial charge in [-0.05, 0) is 51.1 Å². The Morgan fingerprint density at radius 1 is 1.11 bits per heavy atom. The van der Waals surface area contributed by atoms with Crippen LogP contribution in [0.5, 0.6) is 0 Å². The number of hydrogen-bond donors (Lipinski definition) is 2. The Labute approximate surface area is 165 Å². The zero-order valence-corrected chi connectivity index (χ0v) is 16.8. The Morgan fingerprint density at radius 2 is 1.81 bits per heavy atom. The molecule has 2 amide bonds. The third-order valence-electron chi connectivity index (χ3n) is 4.48. The number of nitrogens with one attached hydrogen (secondary N) is 1. The minimum atomic E-state index is -0.115. The number of hydrogen-bond acceptors (Lipinski definition) is 2. The Kier molecular flexibility index (Phi) is 7.82. The van der Waals surface area contributed by atoms with Gasteiger partial charge in [-0.15, -0.1) is 0 Å². The lowest BCUT2D eigenvalue weighted by Crippen LogP contribution is -2.86. The number of halogens is 1. The van der Waals surface area contributed by atoms with Crippen molar-refractivity contribution < 1.29 is 14.9 Å². The molecule has 0 saturated carbocycles. The second kappa shape index (κ2) is 10.1. The summed E-state index contributed by atoms with van der Waals surface area (Å²) in [6, 6.07) is 14.8. The fourth-order valence-electron chi connectivity index (χ4n) is 2.85. The van der Waals surface area contributed by atoms with Crippen LogP contribution in [0.4, 0.5) is 5.69 Å². The maximum Gasteiger partial charge on any atom is 0.279 e. The largest absolute Gasteiger partial charge is 0.339 e. The Balaban J connectivity index is 1.94. The van der Waals surface area contributed by atoms with Crippen molar-refractivity contribution in [1.82, 2.24) is 4.90 Å². The van der Waals surface area contributed by atoms with Crippen LogP contribution in [-0.2, 0) is 4.79 Å². The van der Waals surface area contributed by atoms with Crippen molar-refractivity contribution in [1.29, 1.82) is 0 Å². The summed E-state index contributed by atoms with van der Waals surface area (Å²) in [7, 11) is 0. The topological polar surface area (TPSA) is 66.0 Å². The molecule has 0 fully saturated rings. The van der Waals surface area contributed by atoms with E-state index in [1.807, 2.05) is 50.4 Å². The first-order valence-electron chi connectivity index (χ1n) is 9.22. The highest BCUT2D eigenvalue weighted by Gasteiger charge is 2.15. The normalized spacial score (nSPS) is 11.7. The summed E-state index contributed by atoms with van der Waals surface area (Å²) in [5.41, 5.74) is 2.27. The second-order valence-electron chi connectivity index (χ2n) is 6.39. The lowest BCUT2D eigenvalue weighted by atomic mass is 10.1. The summed E-state index contributed by atoms with van der Waals surface area (Å²) in [6.07, 6.45) is 0. The highest BCUT2D eigenvalue weighted by atomic mass is 35.5. The Hall–Kier alpha value is -2.37. The number of amides is 2. The van der Waals surface area contributed by atoms with Crippen molar-refractivity contribution >= 4 is 29.1 Å². The second-order valence-corrected chi connectivity index (χ2v) is 6.83. The number of anilines is 1. The summed E-state index contributed by atoms with van der Waals surface area (Å²) < 4.78 is 0. The number of nitrogens with zero attached hydrogens (tertiary/aromatic N) is 1. The van der Waals surface area contributed by atoms with Gasteiger partial charge in [0.1, 0.15) is 6.04 Å². The minimum Gasteiger partial charge on any atom is -0.339 e. The smallest absolute Gasteiger partial charge is 0.279 e. The predicted octanol–water partition coefficient (Wildman–Crippen LogP) is 3.09. The number of quaternary nitrogens is 1. The van der Waals surface area contributed by atoms with Crippen molar-refractivity contribution in [2.75, 3.05) is 25.0 Å². The fraction of sp³-hybridized carbons (Fsp3) is 0.333. The minimum absolute atomic E-state index is 0.0303. The van der Waals surface area contributed by atoms with E-state index in [1.165, 1.54) is 0 Å². The van der Waals surface area contributed by atoms with E-state index in [4.69, 9.17) is 11.6 Å². The van der Waals surface area contributed by atoms with Gasteiger partial charge in [0.2, 0.25) is 0 Å². The van der Waals surface area contributed by atoms with Gasteiger partial charge in [-0.25, -0.2) is 0 Å². The first-order chi connectivity index (χ1) is 12.9. The van der Waals surface area contributed by atoms with Crippen LogP contribution < -0.4 is 10.6 Å². The van der Waals surface area contributed by atoms with Crippen LogP contribution in [0.3, 0.4) is 0 Å². The number of carbonyl (C=O) groups excluding carboxylic acids is 2. The highest BCUT2D eigenvalue weighted by Crippen LogP contribution is 2.15. The first-order valence-corrected chi connectivity index (χ1v) is 9.60. The van der Waals surface area contributed by atoms with Crippen LogP contribution >= 0.6 is 11.6 Å². The van der Waals surface area contributed by atoms with E-state index in [9.17, 15) is 9.59 Å². The number of rotatable bonds is 8. The molecule has 1 atom stereocenters. The lowest BCUT2D eigenvalue weighted by Gasteiger charge is -2.19. The maximum atomic E-state index is 12.4. The Bertz CT molecular complexity index is 791. The molecule has 0 aliphatic rings. The van der Waals surface area contributed by atoms with Gasteiger partial charge < -0.3 is 15.5 Å². The molecule has 5 nitrogen and oxygen atoms in total.